The van der Waals surface area contributed by atoms with Gasteiger partial charge < -0.3 is 14.8 Å². The van der Waals surface area contributed by atoms with E-state index in [0.29, 0.717) is 12.0 Å². The van der Waals surface area contributed by atoms with Crippen LogP contribution in [0.15, 0.2) is 18.2 Å². The maximum absolute atomic E-state index is 13.0. The summed E-state index contributed by atoms with van der Waals surface area (Å²) in [4.78, 5) is 0. The Kier molecular flexibility index (Phi) is 4.35. The molecule has 0 bridgehead atoms. The van der Waals surface area contributed by atoms with Crippen LogP contribution in [0, 0.1) is 5.92 Å². The van der Waals surface area contributed by atoms with Gasteiger partial charge in [-0.1, -0.05) is 27.2 Å². The lowest BCUT2D eigenvalue weighted by Gasteiger charge is -2.21. The average molecular weight is 285 g/mol. The maximum Gasteiger partial charge on any atom is 0.586 e. The molecule has 112 valence electrons. The molecule has 0 radical (unpaired) electrons. The van der Waals surface area contributed by atoms with E-state index in [-0.39, 0.29) is 11.5 Å². The quantitative estimate of drug-likeness (QED) is 0.826. The number of ether oxygens (including phenoxy) is 2. The lowest BCUT2D eigenvalue weighted by Crippen LogP contribution is -2.25. The van der Waals surface area contributed by atoms with Crippen LogP contribution in [-0.2, 0) is 0 Å². The van der Waals surface area contributed by atoms with Gasteiger partial charge in [0, 0.05) is 17.8 Å². The topological polar surface area (TPSA) is 30.5 Å². The summed E-state index contributed by atoms with van der Waals surface area (Å²) in [6, 6.07) is 5.14. The largest absolute Gasteiger partial charge is 0.586 e. The van der Waals surface area contributed by atoms with Gasteiger partial charge in [0.15, 0.2) is 11.5 Å². The number of rotatable bonds is 6. The zero-order chi connectivity index (χ0) is 14.8. The molecule has 0 spiro atoms. The predicted octanol–water partition coefficient (Wildman–Crippen LogP) is 4.63. The fourth-order valence-corrected chi connectivity index (χ4v) is 2.25. The summed E-state index contributed by atoms with van der Waals surface area (Å²) < 4.78 is 34.7. The molecule has 0 saturated heterocycles. The van der Waals surface area contributed by atoms with Crippen molar-refractivity contribution >= 4 is 5.69 Å². The Balaban J connectivity index is 2.04. The Labute approximate surface area is 118 Å². The van der Waals surface area contributed by atoms with Crippen molar-refractivity contribution in [3.05, 3.63) is 18.2 Å². The molecular formula is C15H21F2NO2. The molecule has 1 N–H and O–H groups in total. The van der Waals surface area contributed by atoms with Crippen molar-refractivity contribution in [1.29, 1.82) is 0 Å². The first-order valence-electron chi connectivity index (χ1n) is 7.10. The summed E-state index contributed by atoms with van der Waals surface area (Å²) >= 11 is 0. The van der Waals surface area contributed by atoms with E-state index in [9.17, 15) is 8.78 Å². The Hall–Kier alpha value is -1.52. The summed E-state index contributed by atoms with van der Waals surface area (Å²) in [6.45, 7) is 6.49. The Bertz CT molecular complexity index is 465. The van der Waals surface area contributed by atoms with E-state index in [1.807, 2.05) is 0 Å². The molecule has 2 rings (SSSR count). The highest BCUT2D eigenvalue weighted by Crippen LogP contribution is 2.42. The smallest absolute Gasteiger partial charge is 0.395 e. The molecule has 2 atom stereocenters. The molecule has 20 heavy (non-hydrogen) atoms. The number of hydrogen-bond donors (Lipinski definition) is 1. The van der Waals surface area contributed by atoms with E-state index >= 15 is 0 Å². The fourth-order valence-electron chi connectivity index (χ4n) is 2.25. The Morgan fingerprint density at radius 3 is 2.50 bits per heavy atom. The van der Waals surface area contributed by atoms with Crippen molar-refractivity contribution in [1.82, 2.24) is 0 Å². The molecule has 0 amide bonds. The van der Waals surface area contributed by atoms with Gasteiger partial charge in [-0.05, 0) is 30.9 Å². The minimum Gasteiger partial charge on any atom is -0.395 e. The average Bonchev–Trinajstić information content (AvgIpc) is 2.70. The molecule has 0 aliphatic carbocycles. The van der Waals surface area contributed by atoms with Crippen molar-refractivity contribution in [2.45, 2.75) is 52.4 Å². The van der Waals surface area contributed by atoms with Crippen molar-refractivity contribution in [2.24, 2.45) is 5.92 Å². The fraction of sp³-hybridized carbons (Fsp3) is 0.600. The molecular weight excluding hydrogens is 264 g/mol. The Morgan fingerprint density at radius 1 is 1.15 bits per heavy atom. The third-order valence-corrected chi connectivity index (χ3v) is 3.65. The minimum atomic E-state index is -3.55. The summed E-state index contributed by atoms with van der Waals surface area (Å²) in [6.07, 6.45) is -0.389. The number of benzene rings is 1. The van der Waals surface area contributed by atoms with Gasteiger partial charge in [-0.3, -0.25) is 0 Å². The molecule has 1 aliphatic heterocycles. The van der Waals surface area contributed by atoms with Crippen LogP contribution in [0.4, 0.5) is 14.5 Å². The number of anilines is 1. The van der Waals surface area contributed by atoms with E-state index < -0.39 is 6.29 Å². The van der Waals surface area contributed by atoms with Crippen LogP contribution < -0.4 is 14.8 Å². The van der Waals surface area contributed by atoms with Crippen molar-refractivity contribution in [3.8, 4) is 11.5 Å². The molecule has 1 aromatic carbocycles. The SMILES string of the molecule is CCC(C)CC(CC)Nc1ccc2c(c1)OC(F)(F)O2. The summed E-state index contributed by atoms with van der Waals surface area (Å²) in [7, 11) is 0. The molecule has 0 aromatic heterocycles. The van der Waals surface area contributed by atoms with Gasteiger partial charge in [-0.25, -0.2) is 0 Å². The number of nitrogens with one attached hydrogen (secondary N) is 1. The lowest BCUT2D eigenvalue weighted by molar-refractivity contribution is -0.286. The second-order valence-electron chi connectivity index (χ2n) is 5.33. The van der Waals surface area contributed by atoms with Gasteiger partial charge in [0.2, 0.25) is 0 Å². The third kappa shape index (κ3) is 3.52. The summed E-state index contributed by atoms with van der Waals surface area (Å²) in [5.74, 6) is 0.791. The third-order valence-electron chi connectivity index (χ3n) is 3.65. The highest BCUT2D eigenvalue weighted by molar-refractivity contribution is 5.56. The monoisotopic (exact) mass is 285 g/mol. The summed E-state index contributed by atoms with van der Waals surface area (Å²) in [5.41, 5.74) is 0.778. The van der Waals surface area contributed by atoms with Crippen LogP contribution in [0.25, 0.3) is 0 Å². The number of halogens is 2. The van der Waals surface area contributed by atoms with Crippen LogP contribution >= 0.6 is 0 Å². The molecule has 3 nitrogen and oxygen atoms in total. The van der Waals surface area contributed by atoms with Gasteiger partial charge in [0.05, 0.1) is 0 Å². The molecule has 0 saturated carbocycles. The molecule has 5 heteroatoms. The van der Waals surface area contributed by atoms with Crippen molar-refractivity contribution in [3.63, 3.8) is 0 Å². The van der Waals surface area contributed by atoms with Crippen LogP contribution in [0.3, 0.4) is 0 Å². The van der Waals surface area contributed by atoms with Gasteiger partial charge in [-0.2, -0.15) is 0 Å². The van der Waals surface area contributed by atoms with E-state index in [4.69, 9.17) is 0 Å². The van der Waals surface area contributed by atoms with E-state index in [1.54, 1.807) is 12.1 Å². The van der Waals surface area contributed by atoms with Crippen LogP contribution in [-0.4, -0.2) is 12.3 Å². The molecule has 2 unspecified atom stereocenters. The van der Waals surface area contributed by atoms with E-state index in [0.717, 1.165) is 24.9 Å². The zero-order valence-electron chi connectivity index (χ0n) is 12.1. The van der Waals surface area contributed by atoms with Gasteiger partial charge in [-0.15, -0.1) is 8.78 Å². The lowest BCUT2D eigenvalue weighted by atomic mass is 9.97. The normalized spacial score (nSPS) is 18.6. The van der Waals surface area contributed by atoms with Gasteiger partial charge in [0.1, 0.15) is 0 Å². The van der Waals surface area contributed by atoms with Crippen LogP contribution in [0.5, 0.6) is 11.5 Å². The second-order valence-corrected chi connectivity index (χ2v) is 5.33. The highest BCUT2D eigenvalue weighted by atomic mass is 19.3. The molecule has 1 aliphatic rings. The molecule has 1 aromatic rings. The number of fused-ring (bicyclic) bond motifs is 1. The highest BCUT2D eigenvalue weighted by Gasteiger charge is 2.43. The first-order chi connectivity index (χ1) is 9.43. The molecule has 1 heterocycles. The number of alkyl halides is 2. The Morgan fingerprint density at radius 2 is 1.85 bits per heavy atom. The van der Waals surface area contributed by atoms with E-state index in [1.165, 1.54) is 6.07 Å². The minimum absolute atomic E-state index is 0.0792. The van der Waals surface area contributed by atoms with Crippen LogP contribution in [0.2, 0.25) is 0 Å². The number of hydrogen-bond acceptors (Lipinski definition) is 3. The zero-order valence-corrected chi connectivity index (χ0v) is 12.1. The maximum atomic E-state index is 13.0. The van der Waals surface area contributed by atoms with Gasteiger partial charge >= 0.3 is 6.29 Å². The molecule has 0 fully saturated rings. The first kappa shape index (κ1) is 14.9. The van der Waals surface area contributed by atoms with Crippen molar-refractivity contribution < 1.29 is 18.3 Å². The second kappa shape index (κ2) is 5.85. The van der Waals surface area contributed by atoms with Crippen LogP contribution in [0.1, 0.15) is 40.0 Å². The summed E-state index contributed by atoms with van der Waals surface area (Å²) in [5, 5.41) is 3.37. The van der Waals surface area contributed by atoms with Crippen molar-refractivity contribution in [2.75, 3.05) is 5.32 Å². The first-order valence-corrected chi connectivity index (χ1v) is 7.10. The van der Waals surface area contributed by atoms with Gasteiger partial charge in [0.25, 0.3) is 0 Å². The standard InChI is InChI=1S/C15H21F2NO2/c1-4-10(3)8-11(5-2)18-12-6-7-13-14(9-12)20-15(16,17)19-13/h6-7,9-11,18H,4-5,8H2,1-3H3. The van der Waals surface area contributed by atoms with E-state index in [2.05, 4.69) is 35.6 Å². The predicted molar refractivity (Wildman–Crippen MR) is 74.4 cm³/mol.